The van der Waals surface area contributed by atoms with Gasteiger partial charge in [0, 0.05) is 6.04 Å². The molecular formula is C14H18N2OS. The molecule has 1 aromatic heterocycles. The molecule has 0 spiro atoms. The summed E-state index contributed by atoms with van der Waals surface area (Å²) in [5.41, 5.74) is 0.808. The molecule has 2 aromatic rings. The molecule has 0 saturated heterocycles. The normalized spacial score (nSPS) is 13.1. The van der Waals surface area contributed by atoms with Crippen molar-refractivity contribution >= 4 is 23.1 Å². The van der Waals surface area contributed by atoms with Crippen LogP contribution in [0.2, 0.25) is 0 Å². The van der Waals surface area contributed by atoms with Crippen molar-refractivity contribution in [3.05, 3.63) is 39.4 Å². The predicted molar refractivity (Wildman–Crippen MR) is 77.6 cm³/mol. The van der Waals surface area contributed by atoms with Crippen LogP contribution in [-0.2, 0) is 0 Å². The Morgan fingerprint density at radius 2 is 1.94 bits per heavy atom. The fraction of sp³-hybridized carbons (Fsp3) is 0.429. The molecule has 0 aliphatic heterocycles. The molecule has 0 bridgehead atoms. The zero-order valence-corrected chi connectivity index (χ0v) is 11.8. The molecule has 0 aliphatic carbocycles. The third kappa shape index (κ3) is 2.38. The summed E-state index contributed by atoms with van der Waals surface area (Å²) in [5, 5.41) is 0.696. The maximum absolute atomic E-state index is 12.4. The zero-order valence-electron chi connectivity index (χ0n) is 10.9. The second kappa shape index (κ2) is 5.06. The van der Waals surface area contributed by atoms with E-state index in [9.17, 15) is 4.79 Å². The summed E-state index contributed by atoms with van der Waals surface area (Å²) < 4.78 is 2.20. The second-order valence-corrected chi connectivity index (χ2v) is 5.52. The summed E-state index contributed by atoms with van der Waals surface area (Å²) in [6.45, 7) is 6.34. The van der Waals surface area contributed by atoms with Crippen molar-refractivity contribution in [3.63, 3.8) is 0 Å². The van der Waals surface area contributed by atoms with Gasteiger partial charge in [0.25, 0.3) is 5.56 Å². The Balaban J connectivity index is 2.65. The number of para-hydroxylation sites is 1. The first-order valence-electron chi connectivity index (χ1n) is 6.24. The van der Waals surface area contributed by atoms with Crippen LogP contribution in [0.5, 0.6) is 0 Å². The minimum absolute atomic E-state index is 0.00231. The van der Waals surface area contributed by atoms with Crippen LogP contribution in [0, 0.1) is 10.7 Å². The van der Waals surface area contributed by atoms with Crippen molar-refractivity contribution < 1.29 is 0 Å². The van der Waals surface area contributed by atoms with E-state index in [1.165, 1.54) is 0 Å². The summed E-state index contributed by atoms with van der Waals surface area (Å²) in [6, 6.07) is 7.60. The van der Waals surface area contributed by atoms with Gasteiger partial charge in [-0.3, -0.25) is 9.36 Å². The highest BCUT2D eigenvalue weighted by Crippen LogP contribution is 2.16. The van der Waals surface area contributed by atoms with Crippen molar-refractivity contribution in [3.8, 4) is 0 Å². The van der Waals surface area contributed by atoms with Crippen molar-refractivity contribution in [2.24, 2.45) is 5.92 Å². The molecule has 96 valence electrons. The van der Waals surface area contributed by atoms with E-state index in [1.54, 1.807) is 4.57 Å². The summed E-state index contributed by atoms with van der Waals surface area (Å²) in [7, 11) is 0. The molecule has 0 fully saturated rings. The molecule has 0 radical (unpaired) electrons. The van der Waals surface area contributed by atoms with Crippen LogP contribution in [0.1, 0.15) is 33.2 Å². The number of aromatic nitrogens is 2. The van der Waals surface area contributed by atoms with E-state index in [-0.39, 0.29) is 11.6 Å². The van der Waals surface area contributed by atoms with Crippen LogP contribution in [0.15, 0.2) is 29.1 Å². The first-order chi connectivity index (χ1) is 8.50. The van der Waals surface area contributed by atoms with Gasteiger partial charge < -0.3 is 4.98 Å². The van der Waals surface area contributed by atoms with E-state index in [0.29, 0.717) is 16.1 Å². The van der Waals surface area contributed by atoms with E-state index < -0.39 is 0 Å². The molecular weight excluding hydrogens is 244 g/mol. The van der Waals surface area contributed by atoms with Gasteiger partial charge in [0.2, 0.25) is 0 Å². The summed E-state index contributed by atoms with van der Waals surface area (Å²) in [6.07, 6.45) is 0.940. The van der Waals surface area contributed by atoms with Crippen LogP contribution < -0.4 is 5.56 Å². The average molecular weight is 262 g/mol. The number of hydrogen-bond donors (Lipinski definition) is 1. The van der Waals surface area contributed by atoms with E-state index >= 15 is 0 Å². The standard InChI is InChI=1S/C14H18N2OS/c1-9(2)8-10(3)16-13(17)11-6-4-5-7-12(11)15-14(16)18/h4-7,9-10H,8H2,1-3H3,(H,15,18). The Bertz CT molecular complexity index is 669. The molecule has 0 amide bonds. The third-order valence-corrected chi connectivity index (χ3v) is 3.39. The van der Waals surface area contributed by atoms with Crippen molar-refractivity contribution in [1.82, 2.24) is 9.55 Å². The van der Waals surface area contributed by atoms with Gasteiger partial charge in [-0.1, -0.05) is 26.0 Å². The third-order valence-electron chi connectivity index (χ3n) is 3.09. The number of nitrogens with one attached hydrogen (secondary N) is 1. The van der Waals surface area contributed by atoms with E-state index in [2.05, 4.69) is 18.8 Å². The second-order valence-electron chi connectivity index (χ2n) is 5.13. The Labute approximate surface area is 111 Å². The number of hydrogen-bond acceptors (Lipinski definition) is 2. The topological polar surface area (TPSA) is 37.8 Å². The summed E-state index contributed by atoms with van der Waals surface area (Å²) in [4.78, 5) is 15.6. The van der Waals surface area contributed by atoms with Gasteiger partial charge in [-0.05, 0) is 43.6 Å². The molecule has 1 N–H and O–H groups in total. The van der Waals surface area contributed by atoms with Crippen LogP contribution in [0.25, 0.3) is 10.9 Å². The molecule has 18 heavy (non-hydrogen) atoms. The zero-order chi connectivity index (χ0) is 13.3. The monoisotopic (exact) mass is 262 g/mol. The number of H-pyrrole nitrogens is 1. The minimum Gasteiger partial charge on any atom is -0.332 e. The Kier molecular flexibility index (Phi) is 3.66. The lowest BCUT2D eigenvalue weighted by Crippen LogP contribution is -2.26. The summed E-state index contributed by atoms with van der Waals surface area (Å²) in [5.74, 6) is 0.535. The van der Waals surface area contributed by atoms with Gasteiger partial charge in [-0.2, -0.15) is 0 Å². The lowest BCUT2D eigenvalue weighted by Gasteiger charge is -2.17. The quantitative estimate of drug-likeness (QED) is 0.857. The molecule has 4 heteroatoms. The van der Waals surface area contributed by atoms with E-state index in [1.807, 2.05) is 31.2 Å². The largest absolute Gasteiger partial charge is 0.332 e. The molecule has 0 saturated carbocycles. The van der Waals surface area contributed by atoms with Gasteiger partial charge in [-0.15, -0.1) is 0 Å². The number of rotatable bonds is 3. The van der Waals surface area contributed by atoms with Crippen molar-refractivity contribution in [2.75, 3.05) is 0 Å². The Hall–Kier alpha value is -1.42. The maximum atomic E-state index is 12.4. The van der Waals surface area contributed by atoms with Crippen molar-refractivity contribution in [1.29, 1.82) is 0 Å². The minimum atomic E-state index is 0.00231. The van der Waals surface area contributed by atoms with Crippen molar-refractivity contribution in [2.45, 2.75) is 33.2 Å². The van der Waals surface area contributed by atoms with Crippen LogP contribution >= 0.6 is 12.2 Å². The highest BCUT2D eigenvalue weighted by Gasteiger charge is 2.12. The molecule has 2 rings (SSSR count). The average Bonchev–Trinajstić information content (AvgIpc) is 2.27. The lowest BCUT2D eigenvalue weighted by atomic mass is 10.1. The number of aromatic amines is 1. The predicted octanol–water partition coefficient (Wildman–Crippen LogP) is 3.67. The van der Waals surface area contributed by atoms with E-state index in [4.69, 9.17) is 12.2 Å². The van der Waals surface area contributed by atoms with Gasteiger partial charge in [0.05, 0.1) is 10.9 Å². The van der Waals surface area contributed by atoms with Crippen LogP contribution in [0.3, 0.4) is 0 Å². The number of benzene rings is 1. The van der Waals surface area contributed by atoms with Crippen LogP contribution in [-0.4, -0.2) is 9.55 Å². The van der Waals surface area contributed by atoms with Gasteiger partial charge in [0.1, 0.15) is 0 Å². The highest BCUT2D eigenvalue weighted by molar-refractivity contribution is 7.71. The SMILES string of the molecule is CC(C)CC(C)n1c(=S)[nH]c2ccccc2c1=O. The molecule has 0 aliphatic rings. The number of nitrogens with zero attached hydrogens (tertiary/aromatic N) is 1. The maximum Gasteiger partial charge on any atom is 0.262 e. The van der Waals surface area contributed by atoms with Crippen LogP contribution in [0.4, 0.5) is 0 Å². The molecule has 1 aromatic carbocycles. The van der Waals surface area contributed by atoms with Gasteiger partial charge in [0.15, 0.2) is 4.77 Å². The first kappa shape index (κ1) is 13.0. The molecule has 1 unspecified atom stereocenters. The molecule has 1 heterocycles. The van der Waals surface area contributed by atoms with Gasteiger partial charge >= 0.3 is 0 Å². The van der Waals surface area contributed by atoms with Gasteiger partial charge in [-0.25, -0.2) is 0 Å². The Morgan fingerprint density at radius 3 is 2.61 bits per heavy atom. The number of fused-ring (bicyclic) bond motifs is 1. The fourth-order valence-electron chi connectivity index (χ4n) is 2.36. The van der Waals surface area contributed by atoms with E-state index in [0.717, 1.165) is 11.9 Å². The molecule has 1 atom stereocenters. The molecule has 3 nitrogen and oxygen atoms in total. The first-order valence-corrected chi connectivity index (χ1v) is 6.65. The summed E-state index contributed by atoms with van der Waals surface area (Å²) >= 11 is 5.30. The Morgan fingerprint density at radius 1 is 1.28 bits per heavy atom. The fourth-order valence-corrected chi connectivity index (χ4v) is 2.74. The smallest absolute Gasteiger partial charge is 0.262 e. The lowest BCUT2D eigenvalue weighted by molar-refractivity contribution is 0.414. The highest BCUT2D eigenvalue weighted by atomic mass is 32.1.